The number of rotatable bonds is 7. The van der Waals surface area contributed by atoms with Crippen LogP contribution in [0.25, 0.3) is 0 Å². The summed E-state index contributed by atoms with van der Waals surface area (Å²) in [7, 11) is -1.89. The quantitative estimate of drug-likeness (QED) is 0.670. The second-order valence-corrected chi connectivity index (χ2v) is 10.7. The second-order valence-electron chi connectivity index (χ2n) is 6.38. The van der Waals surface area contributed by atoms with Crippen molar-refractivity contribution < 1.29 is 17.9 Å². The number of ether oxygens (including phenoxy) is 1. The molecule has 1 amide bonds. The van der Waals surface area contributed by atoms with E-state index in [4.69, 9.17) is 4.74 Å². The molecule has 1 fully saturated rings. The molecule has 0 bridgehead atoms. The first-order valence-corrected chi connectivity index (χ1v) is 11.7. The van der Waals surface area contributed by atoms with Crippen LogP contribution in [-0.2, 0) is 21.3 Å². The summed E-state index contributed by atoms with van der Waals surface area (Å²) in [6, 6.07) is 9.92. The first-order valence-electron chi connectivity index (χ1n) is 8.56. The highest BCUT2D eigenvalue weighted by Gasteiger charge is 2.21. The monoisotopic (exact) mass is 472 g/mol. The maximum Gasteiger partial charge on any atom is 0.253 e. The van der Waals surface area contributed by atoms with Crippen LogP contribution in [0.1, 0.15) is 28.1 Å². The normalized spacial score (nSPS) is 17.2. The zero-order valence-electron chi connectivity index (χ0n) is 14.9. The number of carbonyl (C=O) groups is 1. The molecule has 0 unspecified atom stereocenters. The molecule has 2 aromatic rings. The molecule has 6 nitrogen and oxygen atoms in total. The van der Waals surface area contributed by atoms with Gasteiger partial charge in [0.05, 0.1) is 21.3 Å². The van der Waals surface area contributed by atoms with E-state index in [-0.39, 0.29) is 23.5 Å². The van der Waals surface area contributed by atoms with Gasteiger partial charge in [-0.1, -0.05) is 0 Å². The Kier molecular flexibility index (Phi) is 6.69. The zero-order valence-corrected chi connectivity index (χ0v) is 18.1. The predicted molar refractivity (Wildman–Crippen MR) is 108 cm³/mol. The fourth-order valence-electron chi connectivity index (χ4n) is 2.83. The van der Waals surface area contributed by atoms with Crippen molar-refractivity contribution in [2.24, 2.45) is 0 Å². The van der Waals surface area contributed by atoms with Crippen LogP contribution in [-0.4, -0.2) is 45.5 Å². The van der Waals surface area contributed by atoms with Crippen molar-refractivity contribution in [3.63, 3.8) is 0 Å². The summed E-state index contributed by atoms with van der Waals surface area (Å²) in [4.78, 5) is 15.4. The van der Waals surface area contributed by atoms with E-state index < -0.39 is 10.0 Å². The molecule has 146 valence electrons. The predicted octanol–water partition coefficient (Wildman–Crippen LogP) is 3.24. The van der Waals surface area contributed by atoms with Crippen molar-refractivity contribution in [3.05, 3.63) is 50.6 Å². The van der Waals surface area contributed by atoms with Crippen molar-refractivity contribution in [1.82, 2.24) is 9.62 Å². The third kappa shape index (κ3) is 5.39. The Morgan fingerprint density at radius 1 is 1.30 bits per heavy atom. The number of hydrogen-bond acceptors (Lipinski definition) is 5. The molecular formula is C18H21BrN2O4S2. The number of benzene rings is 1. The van der Waals surface area contributed by atoms with Gasteiger partial charge in [0.25, 0.3) is 5.91 Å². The lowest BCUT2D eigenvalue weighted by molar-refractivity contribution is 0.0786. The molecule has 1 aliphatic heterocycles. The maximum atomic E-state index is 12.6. The van der Waals surface area contributed by atoms with Gasteiger partial charge in [-0.2, -0.15) is 0 Å². The summed E-state index contributed by atoms with van der Waals surface area (Å²) in [5.74, 6) is -0.157. The summed E-state index contributed by atoms with van der Waals surface area (Å²) < 4.78 is 33.8. The number of halogens is 1. The van der Waals surface area contributed by atoms with Crippen LogP contribution >= 0.6 is 27.3 Å². The van der Waals surface area contributed by atoms with Gasteiger partial charge in [-0.15, -0.1) is 11.3 Å². The molecule has 1 aliphatic rings. The lowest BCUT2D eigenvalue weighted by Gasteiger charge is -2.16. The van der Waals surface area contributed by atoms with Gasteiger partial charge in [0.2, 0.25) is 10.0 Å². The minimum absolute atomic E-state index is 0.0634. The number of nitrogens with zero attached hydrogens (tertiary/aromatic N) is 1. The molecular weight excluding hydrogens is 452 g/mol. The van der Waals surface area contributed by atoms with E-state index in [0.717, 1.165) is 21.5 Å². The van der Waals surface area contributed by atoms with Crippen LogP contribution in [0.3, 0.4) is 0 Å². The third-order valence-electron chi connectivity index (χ3n) is 4.31. The standard InChI is InChI=1S/C18H21BrN2O4S2/c1-21(12-15-6-9-17(19)26-15)18(22)13-4-7-16(8-5-13)27(23,24)20-11-14-3-2-10-25-14/h4-9,14,20H,2-3,10-12H2,1H3/t14-/m0/s1. The minimum atomic E-state index is -3.61. The number of nitrogens with one attached hydrogen (secondary N) is 1. The van der Waals surface area contributed by atoms with Gasteiger partial charge in [-0.25, -0.2) is 13.1 Å². The van der Waals surface area contributed by atoms with Gasteiger partial charge in [0, 0.05) is 30.6 Å². The fraction of sp³-hybridized carbons (Fsp3) is 0.389. The number of sulfonamides is 1. The van der Waals surface area contributed by atoms with Crippen molar-refractivity contribution >= 4 is 43.2 Å². The van der Waals surface area contributed by atoms with Crippen LogP contribution < -0.4 is 4.72 Å². The van der Waals surface area contributed by atoms with Gasteiger partial charge < -0.3 is 9.64 Å². The Hall–Kier alpha value is -1.26. The highest BCUT2D eigenvalue weighted by molar-refractivity contribution is 9.11. The lowest BCUT2D eigenvalue weighted by Crippen LogP contribution is -2.32. The molecule has 1 aromatic carbocycles. The van der Waals surface area contributed by atoms with Crippen LogP contribution in [0.15, 0.2) is 45.1 Å². The molecule has 9 heteroatoms. The van der Waals surface area contributed by atoms with Gasteiger partial charge in [0.1, 0.15) is 0 Å². The zero-order chi connectivity index (χ0) is 19.4. The van der Waals surface area contributed by atoms with Crippen LogP contribution in [0.2, 0.25) is 0 Å². The van der Waals surface area contributed by atoms with Crippen molar-refractivity contribution in [2.45, 2.75) is 30.4 Å². The van der Waals surface area contributed by atoms with Crippen LogP contribution in [0, 0.1) is 0 Å². The summed E-state index contributed by atoms with van der Waals surface area (Å²) >= 11 is 4.98. The lowest BCUT2D eigenvalue weighted by atomic mass is 10.2. The number of thiophene rings is 1. The van der Waals surface area contributed by atoms with E-state index in [1.54, 1.807) is 35.4 Å². The van der Waals surface area contributed by atoms with Crippen molar-refractivity contribution in [2.75, 3.05) is 20.2 Å². The SMILES string of the molecule is CN(Cc1ccc(Br)s1)C(=O)c1ccc(S(=O)(=O)NC[C@@H]2CCCO2)cc1. The fourth-order valence-corrected chi connectivity index (χ4v) is 5.43. The second kappa shape index (κ2) is 8.83. The van der Waals surface area contributed by atoms with Crippen molar-refractivity contribution in [3.8, 4) is 0 Å². The highest BCUT2D eigenvalue weighted by atomic mass is 79.9. The molecule has 0 radical (unpaired) electrons. The number of hydrogen-bond donors (Lipinski definition) is 1. The Morgan fingerprint density at radius 2 is 2.04 bits per heavy atom. The molecule has 1 aromatic heterocycles. The topological polar surface area (TPSA) is 75.7 Å². The average molecular weight is 473 g/mol. The maximum absolute atomic E-state index is 12.6. The van der Waals surface area contributed by atoms with E-state index in [1.807, 2.05) is 12.1 Å². The van der Waals surface area contributed by atoms with Gasteiger partial charge >= 0.3 is 0 Å². The summed E-state index contributed by atoms with van der Waals surface area (Å²) in [6.07, 6.45) is 1.76. The Bertz CT molecular complexity index is 890. The van der Waals surface area contributed by atoms with Gasteiger partial charge in [0.15, 0.2) is 0 Å². The molecule has 27 heavy (non-hydrogen) atoms. The summed E-state index contributed by atoms with van der Waals surface area (Å²) in [6.45, 7) is 1.44. The van der Waals surface area contributed by atoms with E-state index in [0.29, 0.717) is 18.7 Å². The van der Waals surface area contributed by atoms with Gasteiger partial charge in [-0.3, -0.25) is 4.79 Å². The van der Waals surface area contributed by atoms with E-state index in [1.165, 1.54) is 12.1 Å². The largest absolute Gasteiger partial charge is 0.377 e. The van der Waals surface area contributed by atoms with Gasteiger partial charge in [-0.05, 0) is 65.2 Å². The van der Waals surface area contributed by atoms with Crippen LogP contribution in [0.5, 0.6) is 0 Å². The Morgan fingerprint density at radius 3 is 2.63 bits per heavy atom. The molecule has 3 rings (SSSR count). The molecule has 0 saturated carbocycles. The number of amides is 1. The highest BCUT2D eigenvalue weighted by Crippen LogP contribution is 2.23. The first-order chi connectivity index (χ1) is 12.8. The molecule has 2 heterocycles. The molecule has 0 aliphatic carbocycles. The Labute approximate surface area is 171 Å². The molecule has 1 saturated heterocycles. The molecule has 1 atom stereocenters. The average Bonchev–Trinajstić information content (AvgIpc) is 3.31. The van der Waals surface area contributed by atoms with E-state index in [2.05, 4.69) is 20.7 Å². The van der Waals surface area contributed by atoms with Crippen molar-refractivity contribution in [1.29, 1.82) is 0 Å². The molecule has 0 spiro atoms. The number of carbonyl (C=O) groups excluding carboxylic acids is 1. The van der Waals surface area contributed by atoms with E-state index >= 15 is 0 Å². The Balaban J connectivity index is 1.62. The summed E-state index contributed by atoms with van der Waals surface area (Å²) in [5, 5.41) is 0. The third-order valence-corrected chi connectivity index (χ3v) is 7.35. The summed E-state index contributed by atoms with van der Waals surface area (Å²) in [5.41, 5.74) is 0.450. The molecule has 1 N–H and O–H groups in total. The first kappa shape index (κ1) is 20.5. The van der Waals surface area contributed by atoms with E-state index in [9.17, 15) is 13.2 Å². The smallest absolute Gasteiger partial charge is 0.253 e. The minimum Gasteiger partial charge on any atom is -0.377 e. The van der Waals surface area contributed by atoms with Crippen LogP contribution in [0.4, 0.5) is 0 Å².